The third kappa shape index (κ3) is 1.56. The zero-order chi connectivity index (χ0) is 15.3. The van der Waals surface area contributed by atoms with Crippen molar-refractivity contribution in [3.05, 3.63) is 24.9 Å². The van der Waals surface area contributed by atoms with Gasteiger partial charge in [-0.15, -0.1) is 0 Å². The van der Waals surface area contributed by atoms with Crippen molar-refractivity contribution in [1.29, 1.82) is 0 Å². The third-order valence-corrected chi connectivity index (χ3v) is 4.87. The second kappa shape index (κ2) is 4.53. The Hall–Kier alpha value is -2.44. The Morgan fingerprint density at radius 2 is 2.27 bits per heavy atom. The lowest BCUT2D eigenvalue weighted by Gasteiger charge is -2.45. The quantitative estimate of drug-likeness (QED) is 0.838. The molecule has 0 N–H and O–H groups in total. The maximum Gasteiger partial charge on any atom is 0.252 e. The average molecular weight is 298 g/mol. The lowest BCUT2D eigenvalue weighted by molar-refractivity contribution is -0.123. The largest absolute Gasteiger partial charge is 0.340 e. The highest BCUT2D eigenvalue weighted by Gasteiger charge is 2.52. The van der Waals surface area contributed by atoms with Gasteiger partial charge in [-0.2, -0.15) is 4.98 Å². The molecule has 1 atom stereocenters. The fourth-order valence-corrected chi connectivity index (χ4v) is 3.64. The van der Waals surface area contributed by atoms with Crippen molar-refractivity contribution in [3.63, 3.8) is 0 Å². The predicted octanol–water partition coefficient (Wildman–Crippen LogP) is 1.39. The summed E-state index contributed by atoms with van der Waals surface area (Å²) >= 11 is 0. The lowest BCUT2D eigenvalue weighted by Crippen LogP contribution is -2.59. The number of rotatable bonds is 2. The van der Waals surface area contributed by atoms with Crippen LogP contribution in [0.4, 0.5) is 11.5 Å². The monoisotopic (exact) mass is 298 g/mol. The number of aromatic nitrogens is 4. The second-order valence-electron chi connectivity index (χ2n) is 5.85. The van der Waals surface area contributed by atoms with E-state index < -0.39 is 5.54 Å². The van der Waals surface area contributed by atoms with Gasteiger partial charge >= 0.3 is 0 Å². The van der Waals surface area contributed by atoms with Gasteiger partial charge in [0.1, 0.15) is 17.6 Å². The van der Waals surface area contributed by atoms with Gasteiger partial charge in [-0.1, -0.05) is 6.92 Å². The van der Waals surface area contributed by atoms with Crippen molar-refractivity contribution in [2.75, 3.05) is 23.4 Å². The molecule has 1 fully saturated rings. The van der Waals surface area contributed by atoms with E-state index >= 15 is 0 Å². The van der Waals surface area contributed by atoms with Crippen LogP contribution < -0.4 is 9.80 Å². The van der Waals surface area contributed by atoms with Crippen LogP contribution in [0.1, 0.15) is 26.2 Å². The number of fused-ring (bicyclic) bond motifs is 3. The van der Waals surface area contributed by atoms with E-state index in [0.717, 1.165) is 37.3 Å². The molecule has 0 bridgehead atoms. The number of likely N-dealkylation sites (N-methyl/N-ethyl adjacent to an activating group) is 1. The molecule has 2 aromatic heterocycles. The zero-order valence-electron chi connectivity index (χ0n) is 12.7. The first-order valence-electron chi connectivity index (χ1n) is 7.58. The summed E-state index contributed by atoms with van der Waals surface area (Å²) in [6.45, 7) is 2.94. The molecule has 1 amide bonds. The number of hydrogen-bond donors (Lipinski definition) is 0. The molecule has 114 valence electrons. The minimum Gasteiger partial charge on any atom is -0.340 e. The number of imidazole rings is 1. The van der Waals surface area contributed by atoms with Crippen LogP contribution in [-0.2, 0) is 4.79 Å². The number of carbonyl (C=O) groups excluding carboxylic acids is 1. The van der Waals surface area contributed by atoms with Crippen molar-refractivity contribution >= 4 is 17.4 Å². The normalized spacial score (nSPS) is 23.6. The number of amides is 1. The van der Waals surface area contributed by atoms with E-state index in [-0.39, 0.29) is 5.91 Å². The van der Waals surface area contributed by atoms with Gasteiger partial charge in [-0.25, -0.2) is 9.97 Å². The average Bonchev–Trinajstić information content (AvgIpc) is 3.22. The Bertz CT molecular complexity index is 728. The van der Waals surface area contributed by atoms with E-state index in [2.05, 4.69) is 21.8 Å². The van der Waals surface area contributed by atoms with Gasteiger partial charge in [0.2, 0.25) is 5.95 Å². The Balaban J connectivity index is 1.89. The van der Waals surface area contributed by atoms with Crippen LogP contribution >= 0.6 is 0 Å². The third-order valence-electron chi connectivity index (χ3n) is 4.87. The predicted molar refractivity (Wildman–Crippen MR) is 82.2 cm³/mol. The van der Waals surface area contributed by atoms with Crippen LogP contribution in [-0.4, -0.2) is 44.6 Å². The zero-order valence-corrected chi connectivity index (χ0v) is 12.7. The molecule has 2 aliphatic heterocycles. The number of hydrogen-bond acceptors (Lipinski definition) is 5. The molecule has 0 unspecified atom stereocenters. The van der Waals surface area contributed by atoms with Crippen molar-refractivity contribution in [2.24, 2.45) is 0 Å². The first-order chi connectivity index (χ1) is 10.7. The smallest absolute Gasteiger partial charge is 0.252 e. The van der Waals surface area contributed by atoms with Crippen LogP contribution in [0.2, 0.25) is 0 Å². The minimum absolute atomic E-state index is 0.152. The van der Waals surface area contributed by atoms with Gasteiger partial charge in [0, 0.05) is 26.0 Å². The summed E-state index contributed by atoms with van der Waals surface area (Å²) in [5.74, 6) is 1.58. The Morgan fingerprint density at radius 1 is 1.41 bits per heavy atom. The van der Waals surface area contributed by atoms with Crippen LogP contribution in [0, 0.1) is 0 Å². The summed E-state index contributed by atoms with van der Waals surface area (Å²) in [4.78, 5) is 29.9. The van der Waals surface area contributed by atoms with Crippen molar-refractivity contribution in [1.82, 2.24) is 19.5 Å². The van der Waals surface area contributed by atoms with Gasteiger partial charge in [0.25, 0.3) is 5.91 Å². The maximum atomic E-state index is 12.8. The SMILES string of the molecule is CC[C@@]12CCCN1c1nc(-n3ccnc3)ncc1N(C)C2=O. The first-order valence-corrected chi connectivity index (χ1v) is 7.58. The molecule has 4 heterocycles. The van der Waals surface area contributed by atoms with E-state index in [1.54, 1.807) is 28.2 Å². The molecule has 0 aromatic carbocycles. The molecule has 0 spiro atoms. The van der Waals surface area contributed by atoms with E-state index in [0.29, 0.717) is 5.95 Å². The lowest BCUT2D eigenvalue weighted by atomic mass is 9.89. The van der Waals surface area contributed by atoms with E-state index in [1.807, 2.05) is 13.2 Å². The molecule has 7 heteroatoms. The number of anilines is 2. The molecule has 2 aliphatic rings. The van der Waals surface area contributed by atoms with E-state index in [9.17, 15) is 4.79 Å². The van der Waals surface area contributed by atoms with Crippen LogP contribution in [0.3, 0.4) is 0 Å². The van der Waals surface area contributed by atoms with Gasteiger partial charge in [-0.05, 0) is 19.3 Å². The standard InChI is InChI=1S/C15H18N6O/c1-3-15-5-4-7-21(15)12-11(19(2)13(15)22)9-17-14(18-12)20-8-6-16-10-20/h6,8-10H,3-5,7H2,1-2H3/t15-/m0/s1. The Morgan fingerprint density at radius 3 is 3.00 bits per heavy atom. The molecular weight excluding hydrogens is 280 g/mol. The Kier molecular flexibility index (Phi) is 2.72. The summed E-state index contributed by atoms with van der Waals surface area (Å²) in [6, 6.07) is 0. The summed E-state index contributed by atoms with van der Waals surface area (Å²) < 4.78 is 1.78. The van der Waals surface area contributed by atoms with Gasteiger partial charge < -0.3 is 9.80 Å². The number of nitrogens with zero attached hydrogens (tertiary/aromatic N) is 6. The maximum absolute atomic E-state index is 12.8. The van der Waals surface area contributed by atoms with Crippen LogP contribution in [0.5, 0.6) is 0 Å². The molecule has 0 radical (unpaired) electrons. The molecule has 4 rings (SSSR count). The van der Waals surface area contributed by atoms with E-state index in [1.165, 1.54) is 0 Å². The molecule has 7 nitrogen and oxygen atoms in total. The molecule has 2 aromatic rings. The van der Waals surface area contributed by atoms with Crippen molar-refractivity contribution < 1.29 is 4.79 Å². The highest BCUT2D eigenvalue weighted by molar-refractivity contribution is 6.07. The highest BCUT2D eigenvalue weighted by atomic mass is 16.2. The fourth-order valence-electron chi connectivity index (χ4n) is 3.64. The molecule has 1 saturated heterocycles. The summed E-state index contributed by atoms with van der Waals surface area (Å²) in [7, 11) is 1.81. The summed E-state index contributed by atoms with van der Waals surface area (Å²) in [5.41, 5.74) is 0.335. The van der Waals surface area contributed by atoms with Crippen LogP contribution in [0.25, 0.3) is 5.95 Å². The van der Waals surface area contributed by atoms with Gasteiger partial charge in [-0.3, -0.25) is 9.36 Å². The van der Waals surface area contributed by atoms with Gasteiger partial charge in [0.15, 0.2) is 5.82 Å². The highest BCUT2D eigenvalue weighted by Crippen LogP contribution is 2.45. The Labute approximate surface area is 128 Å². The molecule has 0 aliphatic carbocycles. The van der Waals surface area contributed by atoms with Crippen molar-refractivity contribution in [2.45, 2.75) is 31.7 Å². The molecule has 0 saturated carbocycles. The molecule has 22 heavy (non-hydrogen) atoms. The topological polar surface area (TPSA) is 67.2 Å². The van der Waals surface area contributed by atoms with Crippen LogP contribution in [0.15, 0.2) is 24.9 Å². The summed E-state index contributed by atoms with van der Waals surface area (Å²) in [5, 5.41) is 0. The molecular formula is C15H18N6O. The van der Waals surface area contributed by atoms with Crippen molar-refractivity contribution in [3.8, 4) is 5.95 Å². The number of carbonyl (C=O) groups is 1. The minimum atomic E-state index is -0.442. The van der Waals surface area contributed by atoms with E-state index in [4.69, 9.17) is 4.98 Å². The van der Waals surface area contributed by atoms with Gasteiger partial charge in [0.05, 0.1) is 6.20 Å². The first kappa shape index (κ1) is 13.2. The fraction of sp³-hybridized carbons (Fsp3) is 0.467. The second-order valence-corrected chi connectivity index (χ2v) is 5.85. The summed E-state index contributed by atoms with van der Waals surface area (Å²) in [6.07, 6.45) is 9.61.